The number of hydrogen-bond acceptors (Lipinski definition) is 1. The standard InChI is InChI=1S/C11H25N2/c1-5-7-11-9-13(3,4)10-12(11)8-6-2/h11H,5-10H2,1-4H3/q+1. The van der Waals surface area contributed by atoms with Crippen molar-refractivity contribution < 1.29 is 4.48 Å². The maximum atomic E-state index is 2.67. The van der Waals surface area contributed by atoms with Crippen molar-refractivity contribution in [3.05, 3.63) is 0 Å². The smallest absolute Gasteiger partial charge is 0.135 e. The van der Waals surface area contributed by atoms with Gasteiger partial charge in [0.25, 0.3) is 0 Å². The minimum Gasteiger partial charge on any atom is -0.315 e. The Balaban J connectivity index is 2.49. The first-order valence-electron chi connectivity index (χ1n) is 5.65. The third-order valence-corrected chi connectivity index (χ3v) is 2.92. The lowest BCUT2D eigenvalue weighted by Crippen LogP contribution is -2.38. The second-order valence-corrected chi connectivity index (χ2v) is 5.01. The van der Waals surface area contributed by atoms with Crippen LogP contribution in [0.15, 0.2) is 0 Å². The van der Waals surface area contributed by atoms with Crippen LogP contribution in [0.3, 0.4) is 0 Å². The molecule has 1 atom stereocenters. The fourth-order valence-corrected chi connectivity index (χ4v) is 2.50. The molecule has 0 amide bonds. The van der Waals surface area contributed by atoms with Gasteiger partial charge in [0.05, 0.1) is 26.7 Å². The summed E-state index contributed by atoms with van der Waals surface area (Å²) in [5.41, 5.74) is 0. The molecule has 0 radical (unpaired) electrons. The van der Waals surface area contributed by atoms with Gasteiger partial charge in [-0.15, -0.1) is 0 Å². The maximum absolute atomic E-state index is 2.67. The van der Waals surface area contributed by atoms with E-state index in [0.29, 0.717) is 0 Å². The van der Waals surface area contributed by atoms with Crippen molar-refractivity contribution in [3.8, 4) is 0 Å². The third-order valence-electron chi connectivity index (χ3n) is 2.92. The minimum absolute atomic E-state index is 0.847. The normalized spacial score (nSPS) is 28.2. The van der Waals surface area contributed by atoms with E-state index in [1.165, 1.54) is 43.5 Å². The zero-order chi connectivity index (χ0) is 9.90. The summed E-state index contributed by atoms with van der Waals surface area (Å²) in [4.78, 5) is 2.67. The summed E-state index contributed by atoms with van der Waals surface area (Å²) in [5, 5.41) is 0. The van der Waals surface area contributed by atoms with E-state index >= 15 is 0 Å². The van der Waals surface area contributed by atoms with E-state index in [0.717, 1.165) is 6.04 Å². The molecule has 1 saturated heterocycles. The fraction of sp³-hybridized carbons (Fsp3) is 1.00. The zero-order valence-electron chi connectivity index (χ0n) is 9.71. The van der Waals surface area contributed by atoms with Gasteiger partial charge in [-0.25, -0.2) is 4.90 Å². The molecule has 1 unspecified atom stereocenters. The second kappa shape index (κ2) is 4.43. The largest absolute Gasteiger partial charge is 0.315 e. The average Bonchev–Trinajstić information content (AvgIpc) is 2.28. The summed E-state index contributed by atoms with van der Waals surface area (Å²) in [7, 11) is 4.69. The van der Waals surface area contributed by atoms with Gasteiger partial charge >= 0.3 is 0 Å². The molecule has 2 heteroatoms. The first-order chi connectivity index (χ1) is 6.09. The van der Waals surface area contributed by atoms with Crippen LogP contribution in [0.25, 0.3) is 0 Å². The Labute approximate surface area is 83.1 Å². The minimum atomic E-state index is 0.847. The predicted molar refractivity (Wildman–Crippen MR) is 57.5 cm³/mol. The SMILES string of the molecule is CCCC1C[N+](C)(C)CN1CCC. The Morgan fingerprint density at radius 3 is 2.46 bits per heavy atom. The van der Waals surface area contributed by atoms with Crippen LogP contribution in [0.4, 0.5) is 0 Å². The van der Waals surface area contributed by atoms with Gasteiger partial charge in [0, 0.05) is 6.54 Å². The highest BCUT2D eigenvalue weighted by Crippen LogP contribution is 2.20. The quantitative estimate of drug-likeness (QED) is 0.605. The third kappa shape index (κ3) is 2.96. The number of rotatable bonds is 4. The van der Waals surface area contributed by atoms with Gasteiger partial charge in [-0.1, -0.05) is 20.3 Å². The van der Waals surface area contributed by atoms with Crippen molar-refractivity contribution in [2.45, 2.75) is 39.2 Å². The van der Waals surface area contributed by atoms with Gasteiger partial charge < -0.3 is 4.48 Å². The molecule has 1 aliphatic heterocycles. The van der Waals surface area contributed by atoms with Crippen LogP contribution in [0, 0.1) is 0 Å². The monoisotopic (exact) mass is 185 g/mol. The van der Waals surface area contributed by atoms with Crippen LogP contribution in [-0.2, 0) is 0 Å². The molecule has 13 heavy (non-hydrogen) atoms. The van der Waals surface area contributed by atoms with Crippen molar-refractivity contribution in [1.82, 2.24) is 4.90 Å². The number of likely N-dealkylation sites (N-methyl/N-ethyl adjacent to an activating group) is 1. The lowest BCUT2D eigenvalue weighted by Gasteiger charge is -2.23. The van der Waals surface area contributed by atoms with Crippen LogP contribution < -0.4 is 0 Å². The molecule has 0 N–H and O–H groups in total. The predicted octanol–water partition coefficient (Wildman–Crippen LogP) is 1.91. The molecule has 2 nitrogen and oxygen atoms in total. The first kappa shape index (κ1) is 11.0. The summed E-state index contributed by atoms with van der Waals surface area (Å²) in [6, 6.07) is 0.847. The summed E-state index contributed by atoms with van der Waals surface area (Å²) in [6.07, 6.45) is 3.99. The molecule has 1 aliphatic rings. The molecule has 0 saturated carbocycles. The molecule has 1 heterocycles. The van der Waals surface area contributed by atoms with E-state index in [1.807, 2.05) is 0 Å². The molecule has 0 aromatic carbocycles. The van der Waals surface area contributed by atoms with Gasteiger partial charge in [-0.05, 0) is 12.8 Å². The lowest BCUT2D eigenvalue weighted by molar-refractivity contribution is -0.883. The summed E-state index contributed by atoms with van der Waals surface area (Å²) >= 11 is 0. The molecular weight excluding hydrogens is 160 g/mol. The van der Waals surface area contributed by atoms with E-state index in [-0.39, 0.29) is 0 Å². The topological polar surface area (TPSA) is 3.24 Å². The molecular formula is C11H25N2+. The molecule has 1 fully saturated rings. The summed E-state index contributed by atoms with van der Waals surface area (Å²) < 4.78 is 1.19. The van der Waals surface area contributed by atoms with Crippen molar-refractivity contribution in [2.75, 3.05) is 33.9 Å². The van der Waals surface area contributed by atoms with E-state index in [1.54, 1.807) is 0 Å². The first-order valence-corrected chi connectivity index (χ1v) is 5.65. The average molecular weight is 185 g/mol. The van der Waals surface area contributed by atoms with Gasteiger partial charge in [0.2, 0.25) is 0 Å². The van der Waals surface area contributed by atoms with Gasteiger partial charge in [0.1, 0.15) is 6.67 Å². The lowest BCUT2D eigenvalue weighted by atomic mass is 10.1. The highest BCUT2D eigenvalue weighted by atomic mass is 15.5. The van der Waals surface area contributed by atoms with E-state index in [2.05, 4.69) is 32.8 Å². The van der Waals surface area contributed by atoms with Crippen LogP contribution in [0.2, 0.25) is 0 Å². The molecule has 1 rings (SSSR count). The van der Waals surface area contributed by atoms with Crippen molar-refractivity contribution in [3.63, 3.8) is 0 Å². The maximum Gasteiger partial charge on any atom is 0.135 e. The highest BCUT2D eigenvalue weighted by molar-refractivity contribution is 4.73. The van der Waals surface area contributed by atoms with Crippen molar-refractivity contribution >= 4 is 0 Å². The number of nitrogens with zero attached hydrogens (tertiary/aromatic N) is 2. The Morgan fingerprint density at radius 1 is 1.23 bits per heavy atom. The van der Waals surface area contributed by atoms with E-state index in [9.17, 15) is 0 Å². The van der Waals surface area contributed by atoms with E-state index in [4.69, 9.17) is 0 Å². The van der Waals surface area contributed by atoms with Gasteiger partial charge in [-0.2, -0.15) is 0 Å². The van der Waals surface area contributed by atoms with Crippen LogP contribution in [0.1, 0.15) is 33.1 Å². The van der Waals surface area contributed by atoms with Crippen LogP contribution in [-0.4, -0.2) is 49.3 Å². The van der Waals surface area contributed by atoms with E-state index < -0.39 is 0 Å². The summed E-state index contributed by atoms with van der Waals surface area (Å²) in [5.74, 6) is 0. The van der Waals surface area contributed by atoms with Crippen molar-refractivity contribution in [1.29, 1.82) is 0 Å². The molecule has 0 spiro atoms. The highest BCUT2D eigenvalue weighted by Gasteiger charge is 2.36. The second-order valence-electron chi connectivity index (χ2n) is 5.01. The molecule has 0 bridgehead atoms. The van der Waals surface area contributed by atoms with Crippen LogP contribution in [0.5, 0.6) is 0 Å². The molecule has 0 aromatic heterocycles. The summed E-state index contributed by atoms with van der Waals surface area (Å²) in [6.45, 7) is 8.45. The number of quaternary nitrogens is 1. The molecule has 78 valence electrons. The van der Waals surface area contributed by atoms with Gasteiger partial charge in [0.15, 0.2) is 0 Å². The Hall–Kier alpha value is -0.0800. The molecule has 0 aromatic rings. The zero-order valence-corrected chi connectivity index (χ0v) is 9.71. The Bertz CT molecular complexity index is 138. The Morgan fingerprint density at radius 2 is 1.92 bits per heavy atom. The fourth-order valence-electron chi connectivity index (χ4n) is 2.50. The van der Waals surface area contributed by atoms with Gasteiger partial charge in [-0.3, -0.25) is 0 Å². The number of hydrogen-bond donors (Lipinski definition) is 0. The molecule has 0 aliphatic carbocycles. The van der Waals surface area contributed by atoms with Crippen molar-refractivity contribution in [2.24, 2.45) is 0 Å². The van der Waals surface area contributed by atoms with Crippen LogP contribution >= 0.6 is 0 Å². The Kier molecular flexibility index (Phi) is 3.74.